The van der Waals surface area contributed by atoms with E-state index in [2.05, 4.69) is 62.2 Å². The molecule has 0 spiro atoms. The molecule has 24 heavy (non-hydrogen) atoms. The zero-order chi connectivity index (χ0) is 17.5. The molecule has 1 heterocycles. The highest BCUT2D eigenvalue weighted by atomic mass is 127. The van der Waals surface area contributed by atoms with Gasteiger partial charge in [-0.3, -0.25) is 9.89 Å². The number of hydrogen-bond donors (Lipinski definition) is 2. The summed E-state index contributed by atoms with van der Waals surface area (Å²) >= 11 is 0. The number of nitrogens with one attached hydrogen (secondary N) is 2. The van der Waals surface area contributed by atoms with E-state index >= 15 is 0 Å². The minimum atomic E-state index is 0. The molecule has 6 nitrogen and oxygen atoms in total. The molecule has 0 aromatic rings. The first-order chi connectivity index (χ1) is 10.8. The molecule has 2 atom stereocenters. The lowest BCUT2D eigenvalue weighted by atomic mass is 9.89. The molecule has 7 heteroatoms. The van der Waals surface area contributed by atoms with Crippen LogP contribution in [0.5, 0.6) is 0 Å². The molecule has 1 fully saturated rings. The highest BCUT2D eigenvalue weighted by Gasteiger charge is 2.25. The van der Waals surface area contributed by atoms with Crippen molar-refractivity contribution in [3.8, 4) is 0 Å². The van der Waals surface area contributed by atoms with Crippen molar-refractivity contribution in [2.24, 2.45) is 10.4 Å². The lowest BCUT2D eigenvalue weighted by Crippen LogP contribution is -2.55. The molecule has 0 aliphatic carbocycles. The van der Waals surface area contributed by atoms with Crippen LogP contribution in [-0.2, 0) is 4.74 Å². The number of hydrogen-bond acceptors (Lipinski definition) is 4. The van der Waals surface area contributed by atoms with E-state index in [1.54, 1.807) is 7.11 Å². The average molecular weight is 455 g/mol. The van der Waals surface area contributed by atoms with Gasteiger partial charge in [0.25, 0.3) is 0 Å². The fraction of sp³-hybridized carbons (Fsp3) is 0.941. The minimum Gasteiger partial charge on any atom is -0.379 e. The number of methoxy groups -OCH3 is 1. The molecule has 1 saturated heterocycles. The number of nitrogens with zero attached hydrogens (tertiary/aromatic N) is 3. The second-order valence-corrected chi connectivity index (χ2v) is 7.59. The molecule has 0 aromatic carbocycles. The quantitative estimate of drug-likeness (QED) is 0.361. The number of aliphatic imine (C=N–C) groups is 1. The lowest BCUT2D eigenvalue weighted by Gasteiger charge is -2.38. The number of guanidine groups is 1. The summed E-state index contributed by atoms with van der Waals surface area (Å²) in [5.74, 6) is 0.875. The Hall–Kier alpha value is -0.120. The summed E-state index contributed by atoms with van der Waals surface area (Å²) in [6, 6.07) is 0.512. The molecule has 0 amide bonds. The van der Waals surface area contributed by atoms with Crippen LogP contribution in [-0.4, -0.2) is 88.4 Å². The van der Waals surface area contributed by atoms with Crippen LogP contribution in [0.25, 0.3) is 0 Å². The molecule has 144 valence electrons. The van der Waals surface area contributed by atoms with Gasteiger partial charge in [-0.15, -0.1) is 24.0 Å². The molecular formula is C17H38IN5O. The molecule has 1 aliphatic rings. The maximum Gasteiger partial charge on any atom is 0.191 e. The highest BCUT2D eigenvalue weighted by Crippen LogP contribution is 2.21. The first kappa shape index (κ1) is 23.9. The Morgan fingerprint density at radius 3 is 2.46 bits per heavy atom. The van der Waals surface area contributed by atoms with Crippen LogP contribution in [0.15, 0.2) is 4.99 Å². The van der Waals surface area contributed by atoms with Crippen LogP contribution in [0.2, 0.25) is 0 Å². The average Bonchev–Trinajstić information content (AvgIpc) is 2.47. The highest BCUT2D eigenvalue weighted by molar-refractivity contribution is 14.0. The first-order valence-electron chi connectivity index (χ1n) is 8.71. The van der Waals surface area contributed by atoms with Gasteiger partial charge in [-0.05, 0) is 26.4 Å². The van der Waals surface area contributed by atoms with Crippen LogP contribution in [0, 0.1) is 5.41 Å². The molecule has 1 rings (SSSR count). The summed E-state index contributed by atoms with van der Waals surface area (Å²) in [7, 11) is 6.15. The van der Waals surface area contributed by atoms with E-state index in [0.29, 0.717) is 12.6 Å². The van der Waals surface area contributed by atoms with Gasteiger partial charge >= 0.3 is 0 Å². The molecule has 0 bridgehead atoms. The lowest BCUT2D eigenvalue weighted by molar-refractivity contribution is 0.0241. The number of halogens is 1. The van der Waals surface area contributed by atoms with E-state index in [4.69, 9.17) is 9.73 Å². The van der Waals surface area contributed by atoms with E-state index in [-0.39, 0.29) is 35.5 Å². The Kier molecular flexibility index (Phi) is 11.4. The van der Waals surface area contributed by atoms with Crippen molar-refractivity contribution in [3.05, 3.63) is 0 Å². The summed E-state index contributed by atoms with van der Waals surface area (Å²) in [4.78, 5) is 9.52. The third kappa shape index (κ3) is 8.31. The van der Waals surface area contributed by atoms with Gasteiger partial charge < -0.3 is 20.3 Å². The number of piperazine rings is 1. The van der Waals surface area contributed by atoms with Crippen molar-refractivity contribution in [1.29, 1.82) is 0 Å². The van der Waals surface area contributed by atoms with Crippen LogP contribution in [0.4, 0.5) is 0 Å². The Balaban J connectivity index is 0.00000529. The fourth-order valence-electron chi connectivity index (χ4n) is 2.75. The van der Waals surface area contributed by atoms with Gasteiger partial charge in [0.2, 0.25) is 0 Å². The van der Waals surface area contributed by atoms with Gasteiger partial charge in [-0.1, -0.05) is 20.8 Å². The monoisotopic (exact) mass is 455 g/mol. The van der Waals surface area contributed by atoms with E-state index in [1.165, 1.54) is 0 Å². The first-order valence-corrected chi connectivity index (χ1v) is 8.71. The van der Waals surface area contributed by atoms with E-state index in [1.807, 2.05) is 0 Å². The van der Waals surface area contributed by atoms with Crippen molar-refractivity contribution in [1.82, 2.24) is 20.4 Å². The summed E-state index contributed by atoms with van der Waals surface area (Å²) in [5.41, 5.74) is 0.0852. The molecular weight excluding hydrogens is 417 g/mol. The Morgan fingerprint density at radius 2 is 1.92 bits per heavy atom. The summed E-state index contributed by atoms with van der Waals surface area (Å²) < 4.78 is 5.59. The zero-order valence-corrected chi connectivity index (χ0v) is 18.9. The smallest absolute Gasteiger partial charge is 0.191 e. The second kappa shape index (κ2) is 11.5. The van der Waals surface area contributed by atoms with Crippen LogP contribution in [0.1, 0.15) is 27.7 Å². The molecule has 1 aliphatic heterocycles. The Labute approximate surface area is 165 Å². The predicted octanol–water partition coefficient (Wildman–Crippen LogP) is 1.47. The van der Waals surface area contributed by atoms with Gasteiger partial charge in [-0.25, -0.2) is 0 Å². The number of likely N-dealkylation sites (N-methyl/N-ethyl adjacent to an activating group) is 2. The van der Waals surface area contributed by atoms with Crippen LogP contribution < -0.4 is 10.6 Å². The zero-order valence-electron chi connectivity index (χ0n) is 16.6. The van der Waals surface area contributed by atoms with Crippen molar-refractivity contribution in [2.45, 2.75) is 39.8 Å². The molecule has 0 saturated carbocycles. The summed E-state index contributed by atoms with van der Waals surface area (Å²) in [6.45, 7) is 14.4. The van der Waals surface area contributed by atoms with Crippen molar-refractivity contribution in [3.63, 3.8) is 0 Å². The van der Waals surface area contributed by atoms with E-state index in [9.17, 15) is 0 Å². The largest absolute Gasteiger partial charge is 0.379 e. The van der Waals surface area contributed by atoms with Crippen molar-refractivity contribution < 1.29 is 4.74 Å². The maximum atomic E-state index is 5.59. The van der Waals surface area contributed by atoms with E-state index in [0.717, 1.165) is 38.7 Å². The van der Waals surface area contributed by atoms with Gasteiger partial charge in [0, 0.05) is 45.9 Å². The maximum absolute atomic E-state index is 5.59. The second-order valence-electron chi connectivity index (χ2n) is 7.59. The van der Waals surface area contributed by atoms with Crippen LogP contribution >= 0.6 is 24.0 Å². The Morgan fingerprint density at radius 1 is 1.25 bits per heavy atom. The summed E-state index contributed by atoms with van der Waals surface area (Å²) in [5, 5.41) is 6.82. The molecule has 2 N–H and O–H groups in total. The standard InChI is InChI=1S/C17H37N5O.HI/c1-8-18-16(20-12-15(23-7)17(2,3)4)19-11-14-13-21(5)9-10-22(14)6;/h14-15H,8-13H2,1-7H3,(H2,18,19,20);1H. The van der Waals surface area contributed by atoms with E-state index < -0.39 is 0 Å². The number of rotatable bonds is 6. The third-order valence-corrected chi connectivity index (χ3v) is 4.50. The SMILES string of the molecule is CCNC(=NCC(OC)C(C)(C)C)NCC1CN(C)CCN1C.I. The molecule has 2 unspecified atom stereocenters. The molecule has 0 radical (unpaired) electrons. The van der Waals surface area contributed by atoms with Crippen LogP contribution in [0.3, 0.4) is 0 Å². The minimum absolute atomic E-state index is 0. The fourth-order valence-corrected chi connectivity index (χ4v) is 2.75. The normalized spacial score (nSPS) is 22.0. The topological polar surface area (TPSA) is 52.1 Å². The molecule has 0 aromatic heterocycles. The van der Waals surface area contributed by atoms with Gasteiger partial charge in [0.1, 0.15) is 0 Å². The van der Waals surface area contributed by atoms with Crippen molar-refractivity contribution in [2.75, 3.05) is 60.5 Å². The Bertz CT molecular complexity index is 372. The van der Waals surface area contributed by atoms with Gasteiger partial charge in [0.05, 0.1) is 12.6 Å². The van der Waals surface area contributed by atoms with Gasteiger partial charge in [0.15, 0.2) is 5.96 Å². The van der Waals surface area contributed by atoms with Gasteiger partial charge in [-0.2, -0.15) is 0 Å². The predicted molar refractivity (Wildman–Crippen MR) is 114 cm³/mol. The third-order valence-electron chi connectivity index (χ3n) is 4.50. The number of ether oxygens (including phenoxy) is 1. The summed E-state index contributed by atoms with van der Waals surface area (Å²) in [6.07, 6.45) is 0.112. The van der Waals surface area contributed by atoms with Crippen molar-refractivity contribution >= 4 is 29.9 Å².